The first-order valence-electron chi connectivity index (χ1n) is 11.5. The van der Waals surface area contributed by atoms with Crippen LogP contribution in [-0.2, 0) is 6.61 Å². The van der Waals surface area contributed by atoms with Gasteiger partial charge in [-0.15, -0.1) is 0 Å². The van der Waals surface area contributed by atoms with E-state index in [1.165, 1.54) is 0 Å². The van der Waals surface area contributed by atoms with Gasteiger partial charge in [-0.05, 0) is 44.1 Å². The van der Waals surface area contributed by atoms with Gasteiger partial charge in [-0.3, -0.25) is 0 Å². The van der Waals surface area contributed by atoms with E-state index in [4.69, 9.17) is 17.3 Å². The van der Waals surface area contributed by atoms with Crippen LogP contribution in [0.15, 0.2) is 12.3 Å². The third-order valence-corrected chi connectivity index (χ3v) is 7.72. The van der Waals surface area contributed by atoms with Gasteiger partial charge in [0, 0.05) is 37.4 Å². The molecule has 33 heavy (non-hydrogen) atoms. The maximum atomic E-state index is 15.3. The highest BCUT2D eigenvalue weighted by molar-refractivity contribution is 6.35. The molecular weight excluding hydrogens is 447 g/mol. The zero-order valence-corrected chi connectivity index (χ0v) is 19.9. The molecule has 2 fully saturated rings. The van der Waals surface area contributed by atoms with E-state index < -0.39 is 5.95 Å². The fraction of sp³-hybridized carbons (Fsp3) is 0.609. The highest BCUT2D eigenvalue weighted by Gasteiger charge is 2.35. The molecule has 2 atom stereocenters. The van der Waals surface area contributed by atoms with Gasteiger partial charge >= 0.3 is 0 Å². The summed E-state index contributed by atoms with van der Waals surface area (Å²) >= 11 is 6.66. The van der Waals surface area contributed by atoms with Crippen LogP contribution in [0.2, 0.25) is 5.02 Å². The van der Waals surface area contributed by atoms with Gasteiger partial charge in [0.25, 0.3) is 0 Å². The molecule has 2 unspecified atom stereocenters. The zero-order chi connectivity index (χ0) is 23.8. The molecule has 10 heteroatoms. The Morgan fingerprint density at radius 1 is 1.24 bits per heavy atom. The molecule has 0 amide bonds. The van der Waals surface area contributed by atoms with Crippen molar-refractivity contribution < 1.29 is 14.6 Å². The predicted octanol–water partition coefficient (Wildman–Crippen LogP) is 2.74. The quantitative estimate of drug-likeness (QED) is 0.581. The van der Waals surface area contributed by atoms with E-state index in [1.807, 2.05) is 16.7 Å². The number of anilines is 2. The van der Waals surface area contributed by atoms with Crippen LogP contribution in [0.25, 0.3) is 11.3 Å². The molecule has 4 rings (SSSR count). The van der Waals surface area contributed by atoms with Crippen LogP contribution in [0.5, 0.6) is 0 Å². The summed E-state index contributed by atoms with van der Waals surface area (Å²) in [6, 6.07) is 1.59. The second-order valence-electron chi connectivity index (χ2n) is 9.39. The summed E-state index contributed by atoms with van der Waals surface area (Å²) in [4.78, 5) is 16.9. The van der Waals surface area contributed by atoms with E-state index in [0.29, 0.717) is 42.5 Å². The monoisotopic (exact) mass is 478 g/mol. The lowest BCUT2D eigenvalue weighted by molar-refractivity contribution is 0.204. The molecule has 2 saturated heterocycles. The Kier molecular flexibility index (Phi) is 7.04. The van der Waals surface area contributed by atoms with Crippen molar-refractivity contribution in [3.8, 4) is 11.3 Å². The van der Waals surface area contributed by atoms with Gasteiger partial charge in [-0.1, -0.05) is 18.5 Å². The van der Waals surface area contributed by atoms with Gasteiger partial charge in [0.05, 0.1) is 24.3 Å². The number of nitrogens with two attached hydrogens (primary N) is 1. The van der Waals surface area contributed by atoms with Crippen LogP contribution < -0.4 is 15.5 Å². The first-order valence-corrected chi connectivity index (χ1v) is 11.9. The highest BCUT2D eigenvalue weighted by Crippen LogP contribution is 2.39. The number of rotatable bonds is 6. The molecule has 0 bridgehead atoms. The number of hydrogen-bond donors (Lipinski definition) is 3. The van der Waals surface area contributed by atoms with Gasteiger partial charge in [-0.2, -0.15) is 9.37 Å². The maximum Gasteiger partial charge on any atom is 0.241 e. The lowest BCUT2D eigenvalue weighted by Crippen LogP contribution is -2.47. The third kappa shape index (κ3) is 4.51. The standard InChI is InChI=1S/C23H32ClFN6O2/c1-14(26)23(2)6-10-30(11-7-23)21-17(13-33)28-19(20(25)29-21)16-5-8-27-22(18(16)24)31-9-3-4-15(31)12-32/h5,8,14-15,32-33H,3-4,6-7,9-13,26H2,1-2H3. The van der Waals surface area contributed by atoms with E-state index in [-0.39, 0.29) is 41.4 Å². The fourth-order valence-corrected chi connectivity index (χ4v) is 5.09. The number of aromatic nitrogens is 3. The molecule has 2 aromatic rings. The molecule has 180 valence electrons. The molecule has 2 aliphatic heterocycles. The van der Waals surface area contributed by atoms with E-state index in [2.05, 4.69) is 21.9 Å². The van der Waals surface area contributed by atoms with E-state index in [9.17, 15) is 10.2 Å². The van der Waals surface area contributed by atoms with Gasteiger partial charge in [0.2, 0.25) is 5.95 Å². The molecule has 4 heterocycles. The average molecular weight is 479 g/mol. The molecule has 2 aliphatic rings. The van der Waals surface area contributed by atoms with Gasteiger partial charge in [0.15, 0.2) is 5.82 Å². The van der Waals surface area contributed by atoms with E-state index >= 15 is 4.39 Å². The van der Waals surface area contributed by atoms with Crippen molar-refractivity contribution >= 4 is 23.2 Å². The number of aliphatic hydroxyl groups excluding tert-OH is 2. The van der Waals surface area contributed by atoms with Crippen molar-refractivity contribution in [2.24, 2.45) is 11.1 Å². The largest absolute Gasteiger partial charge is 0.394 e. The number of aliphatic hydroxyl groups is 2. The Morgan fingerprint density at radius 2 is 1.97 bits per heavy atom. The van der Waals surface area contributed by atoms with Crippen molar-refractivity contribution in [3.63, 3.8) is 0 Å². The van der Waals surface area contributed by atoms with Gasteiger partial charge in [0.1, 0.15) is 17.2 Å². The molecule has 0 radical (unpaired) electrons. The third-order valence-electron chi connectivity index (χ3n) is 7.34. The Balaban J connectivity index is 1.66. The predicted molar refractivity (Wildman–Crippen MR) is 127 cm³/mol. The van der Waals surface area contributed by atoms with E-state index in [0.717, 1.165) is 25.7 Å². The number of hydrogen-bond acceptors (Lipinski definition) is 8. The van der Waals surface area contributed by atoms with Crippen LogP contribution in [-0.4, -0.2) is 63.5 Å². The summed E-state index contributed by atoms with van der Waals surface area (Å²) < 4.78 is 15.3. The molecular formula is C23H32ClFN6O2. The smallest absolute Gasteiger partial charge is 0.241 e. The van der Waals surface area contributed by atoms with Crippen LogP contribution in [0.1, 0.15) is 45.2 Å². The van der Waals surface area contributed by atoms with Gasteiger partial charge in [-0.25, -0.2) is 9.97 Å². The minimum atomic E-state index is -0.748. The SMILES string of the molecule is CC(N)C1(C)CCN(c2nc(F)c(-c3ccnc(N4CCCC4CO)c3Cl)nc2CO)CC1. The number of nitrogens with zero attached hydrogens (tertiary/aromatic N) is 5. The first-order chi connectivity index (χ1) is 15.8. The molecule has 0 aliphatic carbocycles. The fourth-order valence-electron chi connectivity index (χ4n) is 4.78. The molecule has 8 nitrogen and oxygen atoms in total. The van der Waals surface area contributed by atoms with Crippen LogP contribution in [0.3, 0.4) is 0 Å². The van der Waals surface area contributed by atoms with Crippen molar-refractivity contribution in [1.82, 2.24) is 15.0 Å². The molecule has 0 aromatic carbocycles. The van der Waals surface area contributed by atoms with Crippen molar-refractivity contribution in [2.75, 3.05) is 36.0 Å². The normalized spacial score (nSPS) is 21.5. The molecule has 2 aromatic heterocycles. The topological polar surface area (TPSA) is 112 Å². The number of halogens is 2. The first kappa shape index (κ1) is 24.1. The Bertz CT molecular complexity index is 999. The van der Waals surface area contributed by atoms with Crippen LogP contribution in [0, 0.1) is 11.4 Å². The minimum Gasteiger partial charge on any atom is -0.394 e. The summed E-state index contributed by atoms with van der Waals surface area (Å²) in [5.74, 6) is 0.102. The molecule has 4 N–H and O–H groups in total. The second-order valence-corrected chi connectivity index (χ2v) is 9.77. The molecule has 0 spiro atoms. The molecule has 0 saturated carbocycles. The highest BCUT2D eigenvalue weighted by atomic mass is 35.5. The summed E-state index contributed by atoms with van der Waals surface area (Å²) in [5, 5.41) is 19.9. The van der Waals surface area contributed by atoms with Crippen molar-refractivity contribution in [3.05, 3.63) is 28.9 Å². The Labute approximate surface area is 198 Å². The maximum absolute atomic E-state index is 15.3. The lowest BCUT2D eigenvalue weighted by Gasteiger charge is -2.42. The Morgan fingerprint density at radius 3 is 2.61 bits per heavy atom. The van der Waals surface area contributed by atoms with Crippen LogP contribution >= 0.6 is 11.6 Å². The van der Waals surface area contributed by atoms with Gasteiger partial charge < -0.3 is 25.7 Å². The van der Waals surface area contributed by atoms with Crippen LogP contribution in [0.4, 0.5) is 16.0 Å². The summed E-state index contributed by atoms with van der Waals surface area (Å²) in [7, 11) is 0. The summed E-state index contributed by atoms with van der Waals surface area (Å²) in [6.45, 7) is 5.85. The number of piperidine rings is 1. The second kappa shape index (κ2) is 9.66. The Hall–Kier alpha value is -2.07. The average Bonchev–Trinajstić information content (AvgIpc) is 3.28. The van der Waals surface area contributed by atoms with E-state index in [1.54, 1.807) is 12.3 Å². The lowest BCUT2D eigenvalue weighted by atomic mass is 9.75. The van der Waals surface area contributed by atoms with Crippen molar-refractivity contribution in [1.29, 1.82) is 0 Å². The minimum absolute atomic E-state index is 0.00241. The number of pyridine rings is 1. The zero-order valence-electron chi connectivity index (χ0n) is 19.1. The van der Waals surface area contributed by atoms with Crippen molar-refractivity contribution in [2.45, 2.75) is 58.2 Å². The summed E-state index contributed by atoms with van der Waals surface area (Å²) in [5.41, 5.74) is 6.82. The summed E-state index contributed by atoms with van der Waals surface area (Å²) in [6.07, 6.45) is 5.01.